The van der Waals surface area contributed by atoms with Gasteiger partial charge in [0.25, 0.3) is 0 Å². The van der Waals surface area contributed by atoms with E-state index in [-0.39, 0.29) is 28.5 Å². The SMILES string of the molecule is Cc1c(OC(F)(F)F)ccc(NC(=O)N2CCNCC2)c1-c1nnc(-c2ccc(F)cc2)c2ccccc12. The molecule has 0 radical (unpaired) electrons. The quantitative estimate of drug-likeness (QED) is 0.332. The number of hydrogen-bond donors (Lipinski definition) is 2. The zero-order chi connectivity index (χ0) is 26.9. The summed E-state index contributed by atoms with van der Waals surface area (Å²) in [6, 6.07) is 15.1. The summed E-state index contributed by atoms with van der Waals surface area (Å²) in [6.07, 6.45) is -4.91. The number of halogens is 4. The molecule has 1 fully saturated rings. The van der Waals surface area contributed by atoms with Gasteiger partial charge in [-0.1, -0.05) is 24.3 Å². The maximum atomic E-state index is 13.5. The fourth-order valence-electron chi connectivity index (χ4n) is 4.51. The largest absolute Gasteiger partial charge is 0.573 e. The number of aromatic nitrogens is 2. The molecule has 2 amide bonds. The predicted molar refractivity (Wildman–Crippen MR) is 135 cm³/mol. The molecule has 1 aliphatic rings. The first-order valence-electron chi connectivity index (χ1n) is 11.9. The average molecular weight is 526 g/mol. The Morgan fingerprint density at radius 3 is 2.24 bits per heavy atom. The Morgan fingerprint density at radius 2 is 1.58 bits per heavy atom. The maximum absolute atomic E-state index is 13.5. The molecular weight excluding hydrogens is 502 g/mol. The van der Waals surface area contributed by atoms with Crippen LogP contribution in [0.4, 0.5) is 28.0 Å². The van der Waals surface area contributed by atoms with E-state index in [9.17, 15) is 22.4 Å². The van der Waals surface area contributed by atoms with Gasteiger partial charge in [-0.05, 0) is 43.3 Å². The molecule has 2 heterocycles. The number of benzene rings is 3. The van der Waals surface area contributed by atoms with Crippen LogP contribution in [0.15, 0.2) is 60.7 Å². The first-order chi connectivity index (χ1) is 18.2. The minimum Gasteiger partial charge on any atom is -0.405 e. The highest BCUT2D eigenvalue weighted by Gasteiger charge is 2.33. The molecule has 1 saturated heterocycles. The number of nitrogens with one attached hydrogen (secondary N) is 2. The van der Waals surface area contributed by atoms with Gasteiger partial charge in [-0.15, -0.1) is 23.4 Å². The second-order valence-electron chi connectivity index (χ2n) is 8.78. The molecule has 0 atom stereocenters. The molecule has 0 saturated carbocycles. The van der Waals surface area contributed by atoms with E-state index in [1.54, 1.807) is 41.3 Å². The molecule has 11 heteroatoms. The van der Waals surface area contributed by atoms with Crippen LogP contribution in [-0.4, -0.2) is 53.7 Å². The highest BCUT2D eigenvalue weighted by Crippen LogP contribution is 2.41. The Hall–Kier alpha value is -4.25. The van der Waals surface area contributed by atoms with Crippen molar-refractivity contribution in [3.05, 3.63) is 72.0 Å². The van der Waals surface area contributed by atoms with E-state index in [2.05, 4.69) is 25.6 Å². The van der Waals surface area contributed by atoms with Crippen molar-refractivity contribution < 1.29 is 27.1 Å². The fourth-order valence-corrected chi connectivity index (χ4v) is 4.51. The lowest BCUT2D eigenvalue weighted by atomic mass is 9.96. The van der Waals surface area contributed by atoms with Crippen molar-refractivity contribution in [2.75, 3.05) is 31.5 Å². The Labute approximate surface area is 215 Å². The van der Waals surface area contributed by atoms with Gasteiger partial charge in [-0.25, -0.2) is 9.18 Å². The van der Waals surface area contributed by atoms with Gasteiger partial charge in [0, 0.05) is 53.6 Å². The van der Waals surface area contributed by atoms with Crippen molar-refractivity contribution in [2.24, 2.45) is 0 Å². The van der Waals surface area contributed by atoms with E-state index < -0.39 is 17.9 Å². The van der Waals surface area contributed by atoms with Gasteiger partial charge in [0.2, 0.25) is 0 Å². The van der Waals surface area contributed by atoms with Crippen LogP contribution in [0.1, 0.15) is 5.56 Å². The van der Waals surface area contributed by atoms with E-state index >= 15 is 0 Å². The van der Waals surface area contributed by atoms with Gasteiger partial charge in [0.1, 0.15) is 23.0 Å². The number of urea groups is 1. The van der Waals surface area contributed by atoms with Gasteiger partial charge in [0.05, 0.1) is 5.69 Å². The highest BCUT2D eigenvalue weighted by atomic mass is 19.4. The molecule has 2 N–H and O–H groups in total. The van der Waals surface area contributed by atoms with Crippen molar-refractivity contribution in [1.82, 2.24) is 20.4 Å². The van der Waals surface area contributed by atoms with Crippen LogP contribution in [0.2, 0.25) is 0 Å². The van der Waals surface area contributed by atoms with Crippen molar-refractivity contribution in [2.45, 2.75) is 13.3 Å². The lowest BCUT2D eigenvalue weighted by molar-refractivity contribution is -0.274. The molecular formula is C27H23F4N5O2. The number of nitrogens with zero attached hydrogens (tertiary/aromatic N) is 3. The number of ether oxygens (including phenoxy) is 1. The first kappa shape index (κ1) is 25.4. The third-order valence-electron chi connectivity index (χ3n) is 6.33. The predicted octanol–water partition coefficient (Wildman–Crippen LogP) is 5.75. The van der Waals surface area contributed by atoms with Gasteiger partial charge < -0.3 is 20.3 Å². The second-order valence-corrected chi connectivity index (χ2v) is 8.78. The molecule has 3 aromatic carbocycles. The number of anilines is 1. The molecule has 0 bridgehead atoms. The zero-order valence-electron chi connectivity index (χ0n) is 20.3. The van der Waals surface area contributed by atoms with Crippen LogP contribution in [0.5, 0.6) is 5.75 Å². The maximum Gasteiger partial charge on any atom is 0.573 e. The Bertz CT molecular complexity index is 1490. The van der Waals surface area contributed by atoms with Gasteiger partial charge in [-0.3, -0.25) is 0 Å². The second kappa shape index (κ2) is 10.3. The van der Waals surface area contributed by atoms with Crippen LogP contribution >= 0.6 is 0 Å². The number of alkyl halides is 3. The molecule has 1 aliphatic heterocycles. The van der Waals surface area contributed by atoms with Crippen LogP contribution in [0.3, 0.4) is 0 Å². The molecule has 4 aromatic rings. The smallest absolute Gasteiger partial charge is 0.405 e. The molecule has 38 heavy (non-hydrogen) atoms. The zero-order valence-corrected chi connectivity index (χ0v) is 20.3. The van der Waals surface area contributed by atoms with Crippen molar-refractivity contribution >= 4 is 22.5 Å². The number of carbonyl (C=O) groups excluding carboxylic acids is 1. The van der Waals surface area contributed by atoms with Crippen LogP contribution in [-0.2, 0) is 0 Å². The standard InChI is InChI=1S/C27H23F4N5O2/c1-16-22(38-27(29,30)31)11-10-21(33-26(37)36-14-12-32-13-15-36)23(16)25-20-5-3-2-4-19(20)24(34-35-25)17-6-8-18(28)9-7-17/h2-11,32H,12-15H2,1H3,(H,33,37). The summed E-state index contributed by atoms with van der Waals surface area (Å²) in [5.74, 6) is -0.814. The van der Waals surface area contributed by atoms with Gasteiger partial charge in [-0.2, -0.15) is 0 Å². The number of hydrogen-bond acceptors (Lipinski definition) is 5. The number of piperazine rings is 1. The third-order valence-corrected chi connectivity index (χ3v) is 6.33. The molecule has 0 aliphatic carbocycles. The monoisotopic (exact) mass is 525 g/mol. The molecule has 0 unspecified atom stereocenters. The van der Waals surface area contributed by atoms with Crippen LogP contribution in [0.25, 0.3) is 33.3 Å². The van der Waals surface area contributed by atoms with Gasteiger partial charge in [0.15, 0.2) is 0 Å². The summed E-state index contributed by atoms with van der Waals surface area (Å²) in [5, 5.41) is 16.0. The number of rotatable bonds is 4. The third kappa shape index (κ3) is 5.23. The molecule has 7 nitrogen and oxygen atoms in total. The summed E-state index contributed by atoms with van der Waals surface area (Å²) in [5.41, 5.74) is 2.04. The Kier molecular flexibility index (Phi) is 6.85. The minimum atomic E-state index is -4.91. The first-order valence-corrected chi connectivity index (χ1v) is 11.9. The van der Waals surface area contributed by atoms with Crippen molar-refractivity contribution in [3.63, 3.8) is 0 Å². The van der Waals surface area contributed by atoms with Crippen molar-refractivity contribution in [3.8, 4) is 28.3 Å². The van der Waals surface area contributed by atoms with Gasteiger partial charge >= 0.3 is 12.4 Å². The number of carbonyl (C=O) groups is 1. The summed E-state index contributed by atoms with van der Waals surface area (Å²) < 4.78 is 57.3. The number of fused-ring (bicyclic) bond motifs is 1. The van der Waals surface area contributed by atoms with Crippen molar-refractivity contribution in [1.29, 1.82) is 0 Å². The highest BCUT2D eigenvalue weighted by molar-refractivity contribution is 6.05. The van der Waals surface area contributed by atoms with Crippen LogP contribution < -0.4 is 15.4 Å². The molecule has 196 valence electrons. The van der Waals surface area contributed by atoms with E-state index in [1.807, 2.05) is 0 Å². The summed E-state index contributed by atoms with van der Waals surface area (Å²) >= 11 is 0. The van der Waals surface area contributed by atoms with E-state index in [1.165, 1.54) is 31.2 Å². The van der Waals surface area contributed by atoms with Crippen LogP contribution in [0, 0.1) is 12.7 Å². The fraction of sp³-hybridized carbons (Fsp3) is 0.222. The number of amides is 2. The summed E-state index contributed by atoms with van der Waals surface area (Å²) in [4.78, 5) is 14.6. The van der Waals surface area contributed by atoms with E-state index in [0.717, 1.165) is 0 Å². The Morgan fingerprint density at radius 1 is 0.947 bits per heavy atom. The lowest BCUT2D eigenvalue weighted by Crippen LogP contribution is -2.48. The minimum absolute atomic E-state index is 0.134. The Balaban J connectivity index is 1.67. The normalized spacial score (nSPS) is 14.0. The lowest BCUT2D eigenvalue weighted by Gasteiger charge is -2.28. The molecule has 1 aromatic heterocycles. The molecule has 0 spiro atoms. The molecule has 5 rings (SSSR count). The summed E-state index contributed by atoms with van der Waals surface area (Å²) in [7, 11) is 0. The summed E-state index contributed by atoms with van der Waals surface area (Å²) in [6.45, 7) is 3.73. The topological polar surface area (TPSA) is 79.4 Å². The van der Waals surface area contributed by atoms with E-state index in [4.69, 9.17) is 0 Å². The average Bonchev–Trinajstić information content (AvgIpc) is 2.90. The van der Waals surface area contributed by atoms with E-state index in [0.29, 0.717) is 48.2 Å².